The number of aromatic nitrogens is 6. The van der Waals surface area contributed by atoms with Crippen LogP contribution in [0.4, 0.5) is 20.4 Å². The molecule has 14 nitrogen and oxygen atoms in total. The maximum absolute atomic E-state index is 14.8. The fraction of sp³-hybridized carbons (Fsp3) is 0.393. The summed E-state index contributed by atoms with van der Waals surface area (Å²) in [6.07, 6.45) is 3.25. The van der Waals surface area contributed by atoms with E-state index >= 15 is 0 Å². The molecule has 6 rings (SSSR count). The van der Waals surface area contributed by atoms with Crippen LogP contribution in [0.5, 0.6) is 5.75 Å². The maximum Gasteiger partial charge on any atom is 0.257 e. The van der Waals surface area contributed by atoms with Crippen molar-refractivity contribution in [1.82, 2.24) is 44.5 Å². The highest BCUT2D eigenvalue weighted by Crippen LogP contribution is 2.29. The first-order chi connectivity index (χ1) is 21.3. The first-order valence-electron chi connectivity index (χ1n) is 14.2. The van der Waals surface area contributed by atoms with Crippen LogP contribution in [0.3, 0.4) is 0 Å². The quantitative estimate of drug-likeness (QED) is 0.224. The number of nitrogen functional groups attached to an aromatic ring is 1. The summed E-state index contributed by atoms with van der Waals surface area (Å²) in [7, 11) is 3.78. The smallest absolute Gasteiger partial charge is 0.257 e. The molecule has 0 aliphatic carbocycles. The molecule has 1 saturated heterocycles. The zero-order valence-corrected chi connectivity index (χ0v) is 24.4. The Morgan fingerprint density at radius 1 is 1.11 bits per heavy atom. The molecule has 0 spiro atoms. The number of carbonyl (C=O) groups is 1. The molecular formula is C28H33F2N11O3. The number of piperazine rings is 1. The number of ether oxygens (including phenoxy) is 1. The van der Waals surface area contributed by atoms with Crippen molar-refractivity contribution >= 4 is 34.2 Å². The lowest BCUT2D eigenvalue weighted by molar-refractivity contribution is -0.123. The average molecular weight is 610 g/mol. The van der Waals surface area contributed by atoms with Gasteiger partial charge in [0.2, 0.25) is 11.8 Å². The van der Waals surface area contributed by atoms with E-state index in [1.165, 1.54) is 10.6 Å². The fourth-order valence-electron chi connectivity index (χ4n) is 5.06. The molecule has 232 valence electrons. The predicted molar refractivity (Wildman–Crippen MR) is 158 cm³/mol. The lowest BCUT2D eigenvalue weighted by atomic mass is 10.2. The molecule has 44 heavy (non-hydrogen) atoms. The highest BCUT2D eigenvalue weighted by Gasteiger charge is 2.23. The van der Waals surface area contributed by atoms with Gasteiger partial charge < -0.3 is 30.0 Å². The summed E-state index contributed by atoms with van der Waals surface area (Å²) in [5, 5.41) is 12.3. The van der Waals surface area contributed by atoms with E-state index in [2.05, 4.69) is 30.4 Å². The molecule has 0 atom stereocenters. The van der Waals surface area contributed by atoms with E-state index in [1.54, 1.807) is 29.3 Å². The second kappa shape index (κ2) is 12.4. The zero-order valence-electron chi connectivity index (χ0n) is 24.4. The van der Waals surface area contributed by atoms with Crippen LogP contribution in [0.2, 0.25) is 0 Å². The van der Waals surface area contributed by atoms with Crippen LogP contribution in [0.25, 0.3) is 28.3 Å². The highest BCUT2D eigenvalue weighted by atomic mass is 19.1. The number of likely N-dealkylation sites (N-methyl/N-ethyl adjacent to an activating group) is 1. The molecule has 1 aliphatic heterocycles. The molecule has 5 aromatic rings. The SMILES string of the molecule is CN(C)CCNC(=O)COc1cc(N2CCN(CCn3ncc4c3nc(N)n3nc(-c5ccco5)nc43)CC2)c(F)cc1F. The number of amides is 1. The van der Waals surface area contributed by atoms with Crippen LogP contribution in [0.1, 0.15) is 0 Å². The van der Waals surface area contributed by atoms with Crippen LogP contribution in [-0.2, 0) is 11.3 Å². The number of nitrogens with two attached hydrogens (primary N) is 1. The van der Waals surface area contributed by atoms with E-state index in [4.69, 9.17) is 14.9 Å². The molecule has 0 radical (unpaired) electrons. The largest absolute Gasteiger partial charge is 0.481 e. The molecule has 0 saturated carbocycles. The molecule has 0 bridgehead atoms. The van der Waals surface area contributed by atoms with Crippen molar-refractivity contribution in [2.45, 2.75) is 6.54 Å². The average Bonchev–Trinajstić information content (AvgIpc) is 3.76. The summed E-state index contributed by atoms with van der Waals surface area (Å²) in [5.41, 5.74) is 7.57. The van der Waals surface area contributed by atoms with Gasteiger partial charge in [-0.2, -0.15) is 14.6 Å². The summed E-state index contributed by atoms with van der Waals surface area (Å²) >= 11 is 0. The van der Waals surface area contributed by atoms with Gasteiger partial charge in [0, 0.05) is 57.9 Å². The third-order valence-electron chi connectivity index (χ3n) is 7.42. The molecule has 3 N–H and O–H groups in total. The monoisotopic (exact) mass is 609 g/mol. The number of hydrogen-bond acceptors (Lipinski definition) is 11. The van der Waals surface area contributed by atoms with Crippen molar-refractivity contribution in [3.8, 4) is 17.3 Å². The lowest BCUT2D eigenvalue weighted by Crippen LogP contribution is -2.47. The molecule has 1 fully saturated rings. The number of carbonyl (C=O) groups excluding carboxylic acids is 1. The third-order valence-corrected chi connectivity index (χ3v) is 7.42. The Kier molecular flexibility index (Phi) is 8.25. The Bertz CT molecular complexity index is 1760. The van der Waals surface area contributed by atoms with Gasteiger partial charge in [0.25, 0.3) is 5.91 Å². The van der Waals surface area contributed by atoms with E-state index in [1.807, 2.05) is 23.9 Å². The van der Waals surface area contributed by atoms with Crippen molar-refractivity contribution in [3.63, 3.8) is 0 Å². The molecular weight excluding hydrogens is 576 g/mol. The van der Waals surface area contributed by atoms with E-state index < -0.39 is 11.6 Å². The Labute approximate surface area is 251 Å². The van der Waals surface area contributed by atoms with Gasteiger partial charge in [-0.15, -0.1) is 5.10 Å². The Hall–Kier alpha value is -4.83. The molecule has 16 heteroatoms. The van der Waals surface area contributed by atoms with Crippen LogP contribution in [-0.4, -0.2) is 112 Å². The molecule has 1 aliphatic rings. The van der Waals surface area contributed by atoms with Crippen LogP contribution in [0, 0.1) is 11.6 Å². The normalized spacial score (nSPS) is 14.2. The summed E-state index contributed by atoms with van der Waals surface area (Å²) in [5.74, 6) is -0.967. The first-order valence-corrected chi connectivity index (χ1v) is 14.2. The van der Waals surface area contributed by atoms with Crippen molar-refractivity contribution in [2.24, 2.45) is 0 Å². The minimum atomic E-state index is -0.854. The Morgan fingerprint density at radius 3 is 2.68 bits per heavy atom. The van der Waals surface area contributed by atoms with E-state index in [0.717, 1.165) is 6.07 Å². The number of halogens is 2. The van der Waals surface area contributed by atoms with E-state index in [-0.39, 0.29) is 29.9 Å². The predicted octanol–water partition coefficient (Wildman–Crippen LogP) is 1.47. The summed E-state index contributed by atoms with van der Waals surface area (Å²) in [4.78, 5) is 27.1. The van der Waals surface area contributed by atoms with Crippen molar-refractivity contribution in [3.05, 3.63) is 48.4 Å². The second-order valence-corrected chi connectivity index (χ2v) is 10.7. The van der Waals surface area contributed by atoms with E-state index in [9.17, 15) is 13.6 Å². The van der Waals surface area contributed by atoms with Gasteiger partial charge in [-0.25, -0.2) is 18.4 Å². The fourth-order valence-corrected chi connectivity index (χ4v) is 5.06. The van der Waals surface area contributed by atoms with Gasteiger partial charge in [-0.1, -0.05) is 0 Å². The zero-order chi connectivity index (χ0) is 30.8. The van der Waals surface area contributed by atoms with Gasteiger partial charge in [-0.3, -0.25) is 9.69 Å². The first kappa shape index (κ1) is 29.3. The Morgan fingerprint density at radius 2 is 1.93 bits per heavy atom. The topological polar surface area (TPSA) is 148 Å². The number of anilines is 2. The molecule has 4 aromatic heterocycles. The number of fused-ring (bicyclic) bond motifs is 3. The minimum absolute atomic E-state index is 0.165. The standard InChI is InChI=1S/C28H33F2N11O3/c1-37(2)6-5-32-24(42)17-44-23-15-21(19(29)14-20(23)30)39-10-7-38(8-11-39)9-12-40-26-18(16-33-40)27-34-25(22-4-3-13-43-22)36-41(27)28(31)35-26/h3-4,13-16H,5-12,17H2,1-2H3,(H2,31,35)(H,32,42). The highest BCUT2D eigenvalue weighted by molar-refractivity contribution is 5.90. The number of nitrogens with zero attached hydrogens (tertiary/aromatic N) is 9. The molecule has 1 aromatic carbocycles. The summed E-state index contributed by atoms with van der Waals surface area (Å²) < 4.78 is 43.3. The molecule has 1 amide bonds. The van der Waals surface area contributed by atoms with Crippen molar-refractivity contribution in [1.29, 1.82) is 0 Å². The van der Waals surface area contributed by atoms with E-state index in [0.29, 0.717) is 80.6 Å². The minimum Gasteiger partial charge on any atom is -0.481 e. The summed E-state index contributed by atoms with van der Waals surface area (Å²) in [6.45, 7) is 4.31. The number of nitrogens with one attached hydrogen (secondary N) is 1. The number of hydrogen-bond donors (Lipinski definition) is 2. The van der Waals surface area contributed by atoms with Gasteiger partial charge in [0.05, 0.1) is 30.1 Å². The second-order valence-electron chi connectivity index (χ2n) is 10.7. The van der Waals surface area contributed by atoms with Gasteiger partial charge in [0.1, 0.15) is 5.82 Å². The van der Waals surface area contributed by atoms with Crippen molar-refractivity contribution < 1.29 is 22.7 Å². The van der Waals surface area contributed by atoms with Crippen LogP contribution in [0.15, 0.2) is 41.1 Å². The van der Waals surface area contributed by atoms with Crippen molar-refractivity contribution in [2.75, 3.05) is 77.1 Å². The maximum atomic E-state index is 14.8. The van der Waals surface area contributed by atoms with Crippen LogP contribution >= 0.6 is 0 Å². The number of benzene rings is 1. The molecule has 0 unspecified atom stereocenters. The van der Waals surface area contributed by atoms with Gasteiger partial charge >= 0.3 is 0 Å². The van der Waals surface area contributed by atoms with Crippen LogP contribution < -0.4 is 20.7 Å². The number of rotatable bonds is 11. The number of furan rings is 1. The van der Waals surface area contributed by atoms with Gasteiger partial charge in [-0.05, 0) is 26.2 Å². The molecule has 5 heterocycles. The third kappa shape index (κ3) is 6.12. The summed E-state index contributed by atoms with van der Waals surface area (Å²) in [6, 6.07) is 5.65. The Balaban J connectivity index is 1.06. The van der Waals surface area contributed by atoms with Gasteiger partial charge in [0.15, 0.2) is 35.2 Å². The lowest BCUT2D eigenvalue weighted by Gasteiger charge is -2.36.